The van der Waals surface area contributed by atoms with Crippen LogP contribution in [0.25, 0.3) is 0 Å². The minimum Gasteiger partial charge on any atom is -0.326 e. The Bertz CT molecular complexity index is 1390. The van der Waals surface area contributed by atoms with E-state index in [-0.39, 0.29) is 18.2 Å². The number of aryl methyl sites for hydroxylation is 1. The van der Waals surface area contributed by atoms with Crippen molar-refractivity contribution in [3.05, 3.63) is 116 Å². The van der Waals surface area contributed by atoms with Gasteiger partial charge in [0.2, 0.25) is 5.91 Å². The number of thiophene rings is 1. The van der Waals surface area contributed by atoms with E-state index in [4.69, 9.17) is 11.6 Å². The number of fused-ring (bicyclic) bond motifs is 2. The summed E-state index contributed by atoms with van der Waals surface area (Å²) < 4.78 is 0. The summed E-state index contributed by atoms with van der Waals surface area (Å²) in [5.74, 6) is -0.285. The molecule has 6 heteroatoms. The first-order valence-corrected chi connectivity index (χ1v) is 12.3. The number of nitrogens with one attached hydrogen (secondary N) is 1. The molecule has 4 aromatic rings. The van der Waals surface area contributed by atoms with Gasteiger partial charge in [0.05, 0.1) is 23.6 Å². The summed E-state index contributed by atoms with van der Waals surface area (Å²) in [5.41, 5.74) is 6.30. The number of nitrogens with zero attached hydrogens (tertiary/aromatic N) is 1. The Kier molecular flexibility index (Phi) is 6.22. The smallest absolute Gasteiger partial charge is 0.260 e. The molecule has 0 aliphatic carbocycles. The SMILES string of the molecule is Cc1ccccc1CC(=O)Nc1ccc(C(=O)N2Cc3sccc3Cc3ccccc32)c(Cl)c1. The lowest BCUT2D eigenvalue weighted by molar-refractivity contribution is -0.115. The topological polar surface area (TPSA) is 49.4 Å². The van der Waals surface area contributed by atoms with Gasteiger partial charge in [-0.05, 0) is 64.9 Å². The van der Waals surface area contributed by atoms with Crippen LogP contribution < -0.4 is 10.2 Å². The van der Waals surface area contributed by atoms with Crippen molar-refractivity contribution in [3.8, 4) is 0 Å². The van der Waals surface area contributed by atoms with Gasteiger partial charge in [0.25, 0.3) is 5.91 Å². The van der Waals surface area contributed by atoms with Crippen molar-refractivity contribution in [2.24, 2.45) is 0 Å². The standard InChI is InChI=1S/C28H23ClN2O2S/c1-18-6-2-3-7-19(18)15-27(32)30-22-10-11-23(24(29)16-22)28(33)31-17-26-21(12-13-34-26)14-20-8-4-5-9-25(20)31/h2-13,16H,14-15,17H2,1H3,(H,30,32). The first-order valence-electron chi connectivity index (χ1n) is 11.1. The second kappa shape index (κ2) is 9.45. The predicted octanol–water partition coefficient (Wildman–Crippen LogP) is 6.64. The molecule has 0 saturated heterocycles. The van der Waals surface area contributed by atoms with Crippen LogP contribution in [0.2, 0.25) is 5.02 Å². The van der Waals surface area contributed by atoms with E-state index < -0.39 is 0 Å². The lowest BCUT2D eigenvalue weighted by atomic mass is 10.0. The van der Waals surface area contributed by atoms with E-state index >= 15 is 0 Å². The number of rotatable bonds is 4. The number of benzene rings is 3. The molecule has 2 amide bonds. The second-order valence-corrected chi connectivity index (χ2v) is 9.82. The second-order valence-electron chi connectivity index (χ2n) is 8.41. The van der Waals surface area contributed by atoms with Crippen LogP contribution in [0.1, 0.15) is 37.5 Å². The summed E-state index contributed by atoms with van der Waals surface area (Å²) in [5, 5.41) is 5.28. The van der Waals surface area contributed by atoms with E-state index in [1.807, 2.05) is 49.4 Å². The largest absolute Gasteiger partial charge is 0.326 e. The van der Waals surface area contributed by atoms with Crippen molar-refractivity contribution < 1.29 is 9.59 Å². The quantitative estimate of drug-likeness (QED) is 0.351. The van der Waals surface area contributed by atoms with Gasteiger partial charge in [-0.25, -0.2) is 0 Å². The summed E-state index contributed by atoms with van der Waals surface area (Å²) in [6.45, 7) is 2.49. The van der Waals surface area contributed by atoms with Crippen LogP contribution in [-0.4, -0.2) is 11.8 Å². The minimum atomic E-state index is -0.156. The molecule has 5 rings (SSSR count). The van der Waals surface area contributed by atoms with Gasteiger partial charge in [0.15, 0.2) is 0 Å². The third kappa shape index (κ3) is 4.49. The Labute approximate surface area is 207 Å². The Hall–Kier alpha value is -3.41. The molecule has 34 heavy (non-hydrogen) atoms. The van der Waals surface area contributed by atoms with Gasteiger partial charge >= 0.3 is 0 Å². The van der Waals surface area contributed by atoms with Crippen molar-refractivity contribution in [1.29, 1.82) is 0 Å². The van der Waals surface area contributed by atoms with Gasteiger partial charge in [0.1, 0.15) is 0 Å². The Morgan fingerprint density at radius 1 is 1.00 bits per heavy atom. The van der Waals surface area contributed by atoms with Crippen LogP contribution in [0.15, 0.2) is 78.2 Å². The van der Waals surface area contributed by atoms with Crippen LogP contribution in [0, 0.1) is 6.92 Å². The first-order chi connectivity index (χ1) is 16.5. The molecule has 0 fully saturated rings. The van der Waals surface area contributed by atoms with E-state index in [0.717, 1.165) is 28.8 Å². The molecule has 0 unspecified atom stereocenters. The maximum atomic E-state index is 13.6. The summed E-state index contributed by atoms with van der Waals surface area (Å²) in [6.07, 6.45) is 1.08. The molecule has 0 spiro atoms. The molecular formula is C28H23ClN2O2S. The lowest BCUT2D eigenvalue weighted by Gasteiger charge is -2.23. The van der Waals surface area contributed by atoms with Gasteiger partial charge in [0, 0.05) is 22.7 Å². The molecule has 170 valence electrons. The van der Waals surface area contributed by atoms with E-state index in [0.29, 0.717) is 22.8 Å². The monoisotopic (exact) mass is 486 g/mol. The summed E-state index contributed by atoms with van der Waals surface area (Å²) in [6, 6.07) is 23.0. The molecule has 1 aliphatic rings. The van der Waals surface area contributed by atoms with Crippen molar-refractivity contribution in [1.82, 2.24) is 0 Å². The molecule has 1 aromatic heterocycles. The fourth-order valence-electron chi connectivity index (χ4n) is 4.30. The molecule has 0 radical (unpaired) electrons. The maximum absolute atomic E-state index is 13.6. The van der Waals surface area contributed by atoms with Crippen molar-refractivity contribution >= 4 is 46.1 Å². The van der Waals surface area contributed by atoms with Gasteiger partial charge in [-0.1, -0.05) is 54.1 Å². The zero-order chi connectivity index (χ0) is 23.7. The number of halogens is 1. The van der Waals surface area contributed by atoms with Gasteiger partial charge in [-0.3, -0.25) is 9.59 Å². The van der Waals surface area contributed by atoms with Crippen LogP contribution in [0.3, 0.4) is 0 Å². The van der Waals surface area contributed by atoms with E-state index in [2.05, 4.69) is 22.8 Å². The number of hydrogen-bond donors (Lipinski definition) is 1. The highest BCUT2D eigenvalue weighted by atomic mass is 35.5. The number of carbonyl (C=O) groups is 2. The summed E-state index contributed by atoms with van der Waals surface area (Å²) in [4.78, 5) is 29.2. The Balaban J connectivity index is 1.38. The molecule has 2 heterocycles. The average Bonchev–Trinajstić information content (AvgIpc) is 3.19. The van der Waals surface area contributed by atoms with E-state index in [9.17, 15) is 9.59 Å². The zero-order valence-corrected chi connectivity index (χ0v) is 20.2. The Morgan fingerprint density at radius 3 is 2.62 bits per heavy atom. The fraction of sp³-hybridized carbons (Fsp3) is 0.143. The maximum Gasteiger partial charge on any atom is 0.260 e. The molecule has 1 aliphatic heterocycles. The lowest BCUT2D eigenvalue weighted by Crippen LogP contribution is -2.30. The zero-order valence-electron chi connectivity index (χ0n) is 18.7. The van der Waals surface area contributed by atoms with Crippen LogP contribution >= 0.6 is 22.9 Å². The fourth-order valence-corrected chi connectivity index (χ4v) is 5.45. The summed E-state index contributed by atoms with van der Waals surface area (Å²) >= 11 is 8.23. The van der Waals surface area contributed by atoms with Crippen LogP contribution in [-0.2, 0) is 24.2 Å². The van der Waals surface area contributed by atoms with Crippen LogP contribution in [0.5, 0.6) is 0 Å². The number of para-hydroxylation sites is 1. The molecule has 0 bridgehead atoms. The van der Waals surface area contributed by atoms with Gasteiger partial charge in [-0.2, -0.15) is 0 Å². The predicted molar refractivity (Wildman–Crippen MR) is 139 cm³/mol. The average molecular weight is 487 g/mol. The molecule has 3 aromatic carbocycles. The Morgan fingerprint density at radius 2 is 1.79 bits per heavy atom. The third-order valence-electron chi connectivity index (χ3n) is 6.14. The third-order valence-corrected chi connectivity index (χ3v) is 7.40. The number of hydrogen-bond acceptors (Lipinski definition) is 3. The first kappa shape index (κ1) is 22.4. The molecule has 4 nitrogen and oxygen atoms in total. The van der Waals surface area contributed by atoms with E-state index in [1.165, 1.54) is 10.4 Å². The van der Waals surface area contributed by atoms with Crippen molar-refractivity contribution in [2.75, 3.05) is 10.2 Å². The van der Waals surface area contributed by atoms with Crippen LogP contribution in [0.4, 0.5) is 11.4 Å². The molecular weight excluding hydrogens is 464 g/mol. The number of amides is 2. The number of carbonyl (C=O) groups excluding carboxylic acids is 2. The highest BCUT2D eigenvalue weighted by molar-refractivity contribution is 7.10. The molecule has 0 saturated carbocycles. The highest BCUT2D eigenvalue weighted by Crippen LogP contribution is 2.35. The van der Waals surface area contributed by atoms with E-state index in [1.54, 1.807) is 34.4 Å². The van der Waals surface area contributed by atoms with Gasteiger partial charge in [-0.15, -0.1) is 11.3 Å². The minimum absolute atomic E-state index is 0.129. The highest BCUT2D eigenvalue weighted by Gasteiger charge is 2.27. The normalized spacial score (nSPS) is 12.5. The summed E-state index contributed by atoms with van der Waals surface area (Å²) in [7, 11) is 0. The van der Waals surface area contributed by atoms with Gasteiger partial charge < -0.3 is 10.2 Å². The van der Waals surface area contributed by atoms with Crippen molar-refractivity contribution in [3.63, 3.8) is 0 Å². The van der Waals surface area contributed by atoms with Crippen molar-refractivity contribution in [2.45, 2.75) is 26.3 Å². The molecule has 1 N–H and O–H groups in total. The molecule has 0 atom stereocenters. The number of anilines is 2.